The SMILES string of the molecule is O=C(O)c1ccc(O)c2nc3ccccc3nc12. The summed E-state index contributed by atoms with van der Waals surface area (Å²) in [5.41, 5.74) is 1.64. The van der Waals surface area contributed by atoms with E-state index in [0.717, 1.165) is 0 Å². The zero-order chi connectivity index (χ0) is 12.7. The average Bonchev–Trinajstić information content (AvgIpc) is 2.37. The van der Waals surface area contributed by atoms with E-state index in [9.17, 15) is 9.90 Å². The molecule has 0 unspecified atom stereocenters. The number of benzene rings is 2. The van der Waals surface area contributed by atoms with Crippen LogP contribution in [0.4, 0.5) is 0 Å². The van der Waals surface area contributed by atoms with E-state index in [1.54, 1.807) is 24.3 Å². The Morgan fingerprint density at radius 3 is 2.17 bits per heavy atom. The molecule has 0 saturated carbocycles. The smallest absolute Gasteiger partial charge is 0.337 e. The van der Waals surface area contributed by atoms with Crippen LogP contribution in [0, 0.1) is 0 Å². The third kappa shape index (κ3) is 1.45. The number of fused-ring (bicyclic) bond motifs is 2. The molecule has 0 aliphatic rings. The van der Waals surface area contributed by atoms with Crippen molar-refractivity contribution < 1.29 is 15.0 Å². The van der Waals surface area contributed by atoms with Gasteiger partial charge < -0.3 is 10.2 Å². The van der Waals surface area contributed by atoms with Crippen molar-refractivity contribution in [2.45, 2.75) is 0 Å². The number of aromatic carboxylic acids is 1. The van der Waals surface area contributed by atoms with Gasteiger partial charge >= 0.3 is 5.97 Å². The summed E-state index contributed by atoms with van der Waals surface area (Å²) >= 11 is 0. The van der Waals surface area contributed by atoms with Crippen LogP contribution in [-0.4, -0.2) is 26.2 Å². The highest BCUT2D eigenvalue weighted by atomic mass is 16.4. The van der Waals surface area contributed by atoms with Gasteiger partial charge in [-0.25, -0.2) is 14.8 Å². The quantitative estimate of drug-likeness (QED) is 0.637. The van der Waals surface area contributed by atoms with Crippen LogP contribution in [0.1, 0.15) is 10.4 Å². The van der Waals surface area contributed by atoms with Crippen LogP contribution in [0.25, 0.3) is 22.1 Å². The molecule has 0 radical (unpaired) electrons. The van der Waals surface area contributed by atoms with E-state index in [1.807, 2.05) is 0 Å². The highest BCUT2D eigenvalue weighted by molar-refractivity contribution is 6.04. The van der Waals surface area contributed by atoms with Gasteiger partial charge in [0, 0.05) is 0 Å². The Balaban J connectivity index is 2.52. The zero-order valence-electron chi connectivity index (χ0n) is 9.16. The van der Waals surface area contributed by atoms with Gasteiger partial charge in [-0.3, -0.25) is 0 Å². The fourth-order valence-electron chi connectivity index (χ4n) is 1.86. The molecular formula is C13H8N2O3. The summed E-state index contributed by atoms with van der Waals surface area (Å²) in [6.07, 6.45) is 0. The predicted octanol–water partition coefficient (Wildman–Crippen LogP) is 2.19. The number of aromatic hydroxyl groups is 1. The van der Waals surface area contributed by atoms with E-state index in [0.29, 0.717) is 11.0 Å². The van der Waals surface area contributed by atoms with Gasteiger partial charge in [0.25, 0.3) is 0 Å². The lowest BCUT2D eigenvalue weighted by atomic mass is 10.1. The summed E-state index contributed by atoms with van der Waals surface area (Å²) < 4.78 is 0. The summed E-state index contributed by atoms with van der Waals surface area (Å²) in [6.45, 7) is 0. The molecule has 0 amide bonds. The lowest BCUT2D eigenvalue weighted by molar-refractivity contribution is 0.0699. The van der Waals surface area contributed by atoms with E-state index < -0.39 is 5.97 Å². The molecular weight excluding hydrogens is 232 g/mol. The Kier molecular flexibility index (Phi) is 2.13. The first-order chi connectivity index (χ1) is 8.66. The molecule has 0 fully saturated rings. The van der Waals surface area contributed by atoms with Gasteiger partial charge in [0.15, 0.2) is 0 Å². The summed E-state index contributed by atoms with van der Waals surface area (Å²) in [5, 5.41) is 18.8. The number of para-hydroxylation sites is 2. The molecule has 0 aliphatic carbocycles. The number of rotatable bonds is 1. The summed E-state index contributed by atoms with van der Waals surface area (Å²) in [7, 11) is 0. The van der Waals surface area contributed by atoms with Crippen molar-refractivity contribution in [3.63, 3.8) is 0 Å². The second-order valence-corrected chi connectivity index (χ2v) is 3.85. The van der Waals surface area contributed by atoms with Crippen molar-refractivity contribution in [3.05, 3.63) is 42.0 Å². The standard InChI is InChI=1S/C13H8N2O3/c16-10-6-5-7(13(17)18)11-12(10)15-9-4-2-1-3-8(9)14-11/h1-6,16H,(H,17,18). The van der Waals surface area contributed by atoms with Gasteiger partial charge in [0.1, 0.15) is 16.8 Å². The number of phenols is 1. The lowest BCUT2D eigenvalue weighted by Crippen LogP contribution is -2.00. The Labute approximate surface area is 101 Å². The molecule has 88 valence electrons. The normalized spacial score (nSPS) is 10.9. The third-order valence-electron chi connectivity index (χ3n) is 2.71. The molecule has 0 spiro atoms. The Morgan fingerprint density at radius 2 is 1.56 bits per heavy atom. The van der Waals surface area contributed by atoms with E-state index in [-0.39, 0.29) is 22.3 Å². The van der Waals surface area contributed by atoms with E-state index in [4.69, 9.17) is 5.11 Å². The van der Waals surface area contributed by atoms with Crippen molar-refractivity contribution >= 4 is 28.0 Å². The second-order valence-electron chi connectivity index (χ2n) is 3.85. The van der Waals surface area contributed by atoms with E-state index >= 15 is 0 Å². The van der Waals surface area contributed by atoms with Crippen molar-refractivity contribution in [3.8, 4) is 5.75 Å². The Morgan fingerprint density at radius 1 is 0.944 bits per heavy atom. The van der Waals surface area contributed by atoms with Gasteiger partial charge in [-0.1, -0.05) is 12.1 Å². The maximum absolute atomic E-state index is 11.1. The molecule has 1 heterocycles. The predicted molar refractivity (Wildman–Crippen MR) is 65.7 cm³/mol. The van der Waals surface area contributed by atoms with E-state index in [1.165, 1.54) is 12.1 Å². The number of hydrogen-bond donors (Lipinski definition) is 2. The molecule has 5 nitrogen and oxygen atoms in total. The van der Waals surface area contributed by atoms with Crippen LogP contribution >= 0.6 is 0 Å². The van der Waals surface area contributed by atoms with Crippen LogP contribution in [0.2, 0.25) is 0 Å². The highest BCUT2D eigenvalue weighted by Gasteiger charge is 2.14. The van der Waals surface area contributed by atoms with Crippen molar-refractivity contribution in [2.24, 2.45) is 0 Å². The number of nitrogens with zero attached hydrogens (tertiary/aromatic N) is 2. The Hall–Kier alpha value is -2.69. The van der Waals surface area contributed by atoms with E-state index in [2.05, 4.69) is 9.97 Å². The van der Waals surface area contributed by atoms with Gasteiger partial charge in [0.05, 0.1) is 16.6 Å². The number of hydrogen-bond acceptors (Lipinski definition) is 4. The molecule has 0 aliphatic heterocycles. The maximum atomic E-state index is 11.1. The zero-order valence-corrected chi connectivity index (χ0v) is 9.16. The van der Waals surface area contributed by atoms with Crippen molar-refractivity contribution in [1.82, 2.24) is 9.97 Å². The minimum atomic E-state index is -1.09. The van der Waals surface area contributed by atoms with Gasteiger partial charge in [-0.05, 0) is 24.3 Å². The number of carboxylic acids is 1. The van der Waals surface area contributed by atoms with Crippen LogP contribution in [0.15, 0.2) is 36.4 Å². The first kappa shape index (κ1) is 10.5. The van der Waals surface area contributed by atoms with Gasteiger partial charge in [-0.15, -0.1) is 0 Å². The molecule has 2 N–H and O–H groups in total. The first-order valence-electron chi connectivity index (χ1n) is 5.28. The van der Waals surface area contributed by atoms with Gasteiger partial charge in [0.2, 0.25) is 0 Å². The first-order valence-corrected chi connectivity index (χ1v) is 5.28. The third-order valence-corrected chi connectivity index (χ3v) is 2.71. The molecule has 0 bridgehead atoms. The number of carboxylic acid groups (broad SMARTS) is 1. The maximum Gasteiger partial charge on any atom is 0.337 e. The minimum Gasteiger partial charge on any atom is -0.506 e. The van der Waals surface area contributed by atoms with Crippen LogP contribution < -0.4 is 0 Å². The second kappa shape index (κ2) is 3.66. The van der Waals surface area contributed by atoms with Crippen molar-refractivity contribution in [1.29, 1.82) is 0 Å². The summed E-state index contributed by atoms with van der Waals surface area (Å²) in [4.78, 5) is 19.6. The molecule has 1 aromatic heterocycles. The molecule has 0 atom stereocenters. The number of carbonyl (C=O) groups is 1. The van der Waals surface area contributed by atoms with Crippen LogP contribution in [0.3, 0.4) is 0 Å². The van der Waals surface area contributed by atoms with Gasteiger partial charge in [-0.2, -0.15) is 0 Å². The van der Waals surface area contributed by atoms with Crippen LogP contribution in [0.5, 0.6) is 5.75 Å². The summed E-state index contributed by atoms with van der Waals surface area (Å²) in [6, 6.07) is 9.75. The molecule has 0 saturated heterocycles. The fraction of sp³-hybridized carbons (Fsp3) is 0. The molecule has 18 heavy (non-hydrogen) atoms. The van der Waals surface area contributed by atoms with Crippen LogP contribution in [-0.2, 0) is 0 Å². The lowest BCUT2D eigenvalue weighted by Gasteiger charge is -2.05. The summed E-state index contributed by atoms with van der Waals surface area (Å²) in [5.74, 6) is -1.17. The molecule has 3 rings (SSSR count). The number of phenolic OH excluding ortho intramolecular Hbond substituents is 1. The Bertz CT molecular complexity index is 784. The topological polar surface area (TPSA) is 83.3 Å². The minimum absolute atomic E-state index is 0.0288. The molecule has 3 aromatic rings. The van der Waals surface area contributed by atoms with Crippen molar-refractivity contribution in [2.75, 3.05) is 0 Å². The highest BCUT2D eigenvalue weighted by Crippen LogP contribution is 2.26. The largest absolute Gasteiger partial charge is 0.506 e. The molecule has 5 heteroatoms. The average molecular weight is 240 g/mol. The monoisotopic (exact) mass is 240 g/mol. The molecule has 2 aromatic carbocycles. The number of aromatic nitrogens is 2. The fourth-order valence-corrected chi connectivity index (χ4v) is 1.86.